The standard InChI is InChI=1S/C19H24ClN5O2/c1-23(13-15-12-16(20)4-5-17(15)27-2)14-18(26)24-8-10-25(11-9-24)19-21-6-3-7-22-19/h3-7,12H,8-11,13-14H2,1-2H3/p+1. The van der Waals surface area contributed by atoms with E-state index < -0.39 is 0 Å². The minimum absolute atomic E-state index is 0.155. The lowest BCUT2D eigenvalue weighted by molar-refractivity contribution is -0.885. The molecule has 7 nitrogen and oxygen atoms in total. The molecule has 1 N–H and O–H groups in total. The summed E-state index contributed by atoms with van der Waals surface area (Å²) >= 11 is 6.09. The van der Waals surface area contributed by atoms with Crippen molar-refractivity contribution in [3.63, 3.8) is 0 Å². The second-order valence-corrected chi connectivity index (χ2v) is 7.12. The number of anilines is 1. The number of hydrogen-bond donors (Lipinski definition) is 1. The van der Waals surface area contributed by atoms with E-state index in [9.17, 15) is 4.79 Å². The van der Waals surface area contributed by atoms with Crippen molar-refractivity contribution in [2.75, 3.05) is 51.8 Å². The molecule has 144 valence electrons. The molecule has 0 saturated carbocycles. The highest BCUT2D eigenvalue weighted by Crippen LogP contribution is 2.21. The predicted octanol–water partition coefficient (Wildman–Crippen LogP) is 0.502. The number of aromatic nitrogens is 2. The summed E-state index contributed by atoms with van der Waals surface area (Å²) < 4.78 is 5.39. The molecule has 0 bridgehead atoms. The number of nitrogens with one attached hydrogen (secondary N) is 1. The molecule has 1 saturated heterocycles. The van der Waals surface area contributed by atoms with Crippen molar-refractivity contribution >= 4 is 23.5 Å². The molecule has 0 radical (unpaired) electrons. The lowest BCUT2D eigenvalue weighted by Gasteiger charge is -2.34. The zero-order chi connectivity index (χ0) is 19.2. The average Bonchev–Trinajstić information content (AvgIpc) is 2.69. The van der Waals surface area contributed by atoms with Crippen LogP contribution in [0.25, 0.3) is 0 Å². The normalized spacial score (nSPS) is 15.5. The van der Waals surface area contributed by atoms with E-state index in [2.05, 4.69) is 14.9 Å². The first-order valence-electron chi connectivity index (χ1n) is 9.00. The third-order valence-electron chi connectivity index (χ3n) is 4.66. The van der Waals surface area contributed by atoms with Crippen LogP contribution in [0.3, 0.4) is 0 Å². The van der Waals surface area contributed by atoms with E-state index in [0.29, 0.717) is 31.2 Å². The Morgan fingerprint density at radius 2 is 1.93 bits per heavy atom. The fraction of sp³-hybridized carbons (Fsp3) is 0.421. The molecule has 3 rings (SSSR count). The Hall–Kier alpha value is -2.38. The van der Waals surface area contributed by atoms with Gasteiger partial charge in [0.25, 0.3) is 5.91 Å². The summed E-state index contributed by atoms with van der Waals surface area (Å²) in [5, 5.41) is 0.671. The highest BCUT2D eigenvalue weighted by Gasteiger charge is 2.24. The van der Waals surface area contributed by atoms with E-state index >= 15 is 0 Å². The summed E-state index contributed by atoms with van der Waals surface area (Å²) in [4.78, 5) is 26.3. The van der Waals surface area contributed by atoms with Gasteiger partial charge < -0.3 is 19.4 Å². The van der Waals surface area contributed by atoms with Crippen LogP contribution in [-0.2, 0) is 11.3 Å². The van der Waals surface area contributed by atoms with Crippen LogP contribution in [-0.4, -0.2) is 67.7 Å². The first-order chi connectivity index (χ1) is 13.1. The molecule has 2 heterocycles. The fourth-order valence-corrected chi connectivity index (χ4v) is 3.45. The number of carbonyl (C=O) groups is 1. The molecule has 1 aromatic carbocycles. The molecule has 8 heteroatoms. The van der Waals surface area contributed by atoms with Crippen molar-refractivity contribution in [2.24, 2.45) is 0 Å². The van der Waals surface area contributed by atoms with Crippen LogP contribution >= 0.6 is 11.6 Å². The number of carbonyl (C=O) groups excluding carboxylic acids is 1. The Balaban J connectivity index is 1.51. The third kappa shape index (κ3) is 5.08. The lowest BCUT2D eigenvalue weighted by atomic mass is 10.2. The number of rotatable bonds is 6. The van der Waals surface area contributed by atoms with Crippen LogP contribution < -0.4 is 14.5 Å². The van der Waals surface area contributed by atoms with E-state index in [0.717, 1.165) is 35.3 Å². The summed E-state index contributed by atoms with van der Waals surface area (Å²) in [6.07, 6.45) is 3.48. The van der Waals surface area contributed by atoms with Crippen molar-refractivity contribution in [2.45, 2.75) is 6.54 Å². The molecule has 0 aliphatic carbocycles. The van der Waals surface area contributed by atoms with Gasteiger partial charge in [0.15, 0.2) is 6.54 Å². The van der Waals surface area contributed by atoms with Gasteiger partial charge in [-0.2, -0.15) is 0 Å². The van der Waals surface area contributed by atoms with Crippen molar-refractivity contribution < 1.29 is 14.4 Å². The second kappa shape index (κ2) is 9.01. The maximum absolute atomic E-state index is 12.7. The number of amides is 1. The smallest absolute Gasteiger partial charge is 0.277 e. The van der Waals surface area contributed by atoms with Gasteiger partial charge >= 0.3 is 0 Å². The minimum Gasteiger partial charge on any atom is -0.496 e. The van der Waals surface area contributed by atoms with Crippen LogP contribution in [0, 0.1) is 0 Å². The number of benzene rings is 1. The maximum atomic E-state index is 12.7. The Morgan fingerprint density at radius 1 is 1.22 bits per heavy atom. The number of quaternary nitrogens is 1. The fourth-order valence-electron chi connectivity index (χ4n) is 3.25. The van der Waals surface area contributed by atoms with E-state index in [-0.39, 0.29) is 5.91 Å². The van der Waals surface area contributed by atoms with Gasteiger partial charge in [0.1, 0.15) is 12.3 Å². The molecular formula is C19H25ClN5O2+. The van der Waals surface area contributed by atoms with Crippen molar-refractivity contribution in [3.05, 3.63) is 47.2 Å². The summed E-state index contributed by atoms with van der Waals surface area (Å²) in [6.45, 7) is 3.97. The van der Waals surface area contributed by atoms with Gasteiger partial charge in [0.05, 0.1) is 14.2 Å². The molecule has 27 heavy (non-hydrogen) atoms. The van der Waals surface area contributed by atoms with E-state index in [1.807, 2.05) is 24.1 Å². The van der Waals surface area contributed by atoms with Gasteiger partial charge in [-0.1, -0.05) is 11.6 Å². The quantitative estimate of drug-likeness (QED) is 0.778. The predicted molar refractivity (Wildman–Crippen MR) is 104 cm³/mol. The number of methoxy groups -OCH3 is 1. The van der Waals surface area contributed by atoms with Crippen LogP contribution in [0.4, 0.5) is 5.95 Å². The molecule has 1 aromatic heterocycles. The minimum atomic E-state index is 0.155. The molecule has 1 fully saturated rings. The second-order valence-electron chi connectivity index (χ2n) is 6.68. The Labute approximate surface area is 164 Å². The summed E-state index contributed by atoms with van der Waals surface area (Å²) in [7, 11) is 3.65. The SMILES string of the molecule is COc1ccc(Cl)cc1C[NH+](C)CC(=O)N1CCN(c2ncccn2)CC1. The maximum Gasteiger partial charge on any atom is 0.277 e. The van der Waals surface area contributed by atoms with Crippen molar-refractivity contribution in [3.8, 4) is 5.75 Å². The monoisotopic (exact) mass is 390 g/mol. The van der Waals surface area contributed by atoms with Gasteiger partial charge in [0, 0.05) is 49.2 Å². The molecule has 1 aliphatic rings. The zero-order valence-corrected chi connectivity index (χ0v) is 16.4. The average molecular weight is 391 g/mol. The lowest BCUT2D eigenvalue weighted by Crippen LogP contribution is -3.09. The van der Waals surface area contributed by atoms with Crippen molar-refractivity contribution in [1.82, 2.24) is 14.9 Å². The molecule has 0 spiro atoms. The number of likely N-dealkylation sites (N-methyl/N-ethyl adjacent to an activating group) is 1. The van der Waals surface area contributed by atoms with Crippen molar-refractivity contribution in [1.29, 1.82) is 0 Å². The van der Waals surface area contributed by atoms with Crippen LogP contribution in [0.5, 0.6) is 5.75 Å². The number of ether oxygens (including phenoxy) is 1. The number of halogens is 1. The Bertz CT molecular complexity index is 766. The Morgan fingerprint density at radius 3 is 2.59 bits per heavy atom. The summed E-state index contributed by atoms with van der Waals surface area (Å²) in [5.74, 6) is 1.67. The molecular weight excluding hydrogens is 366 g/mol. The largest absolute Gasteiger partial charge is 0.496 e. The summed E-state index contributed by atoms with van der Waals surface area (Å²) in [5.41, 5.74) is 1.00. The zero-order valence-electron chi connectivity index (χ0n) is 15.7. The number of hydrogen-bond acceptors (Lipinski definition) is 5. The van der Waals surface area contributed by atoms with Gasteiger partial charge in [-0.3, -0.25) is 4.79 Å². The van der Waals surface area contributed by atoms with E-state index in [1.54, 1.807) is 31.6 Å². The molecule has 2 aromatic rings. The highest BCUT2D eigenvalue weighted by molar-refractivity contribution is 6.30. The van der Waals surface area contributed by atoms with Crippen LogP contribution in [0.2, 0.25) is 5.02 Å². The van der Waals surface area contributed by atoms with Crippen LogP contribution in [0.15, 0.2) is 36.7 Å². The van der Waals surface area contributed by atoms with Gasteiger partial charge in [-0.15, -0.1) is 0 Å². The van der Waals surface area contributed by atoms with E-state index in [4.69, 9.17) is 16.3 Å². The number of piperazine rings is 1. The highest BCUT2D eigenvalue weighted by atomic mass is 35.5. The molecule has 1 amide bonds. The van der Waals surface area contributed by atoms with Gasteiger partial charge in [-0.25, -0.2) is 9.97 Å². The van der Waals surface area contributed by atoms with E-state index in [1.165, 1.54) is 0 Å². The summed E-state index contributed by atoms with van der Waals surface area (Å²) in [6, 6.07) is 7.36. The molecule has 1 unspecified atom stereocenters. The number of nitrogens with zero attached hydrogens (tertiary/aromatic N) is 4. The van der Waals surface area contributed by atoms with Crippen LogP contribution in [0.1, 0.15) is 5.56 Å². The first-order valence-corrected chi connectivity index (χ1v) is 9.38. The van der Waals surface area contributed by atoms with Gasteiger partial charge in [0.2, 0.25) is 5.95 Å². The Kier molecular flexibility index (Phi) is 6.47. The van der Waals surface area contributed by atoms with Gasteiger partial charge in [-0.05, 0) is 24.3 Å². The molecule has 1 aliphatic heterocycles. The first kappa shape index (κ1) is 19.4. The third-order valence-corrected chi connectivity index (χ3v) is 4.89. The topological polar surface area (TPSA) is 63.0 Å². The molecule has 1 atom stereocenters.